The van der Waals surface area contributed by atoms with Crippen molar-refractivity contribution in [3.8, 4) is 39.1 Å². The Hall–Kier alpha value is -9.12. The largest absolute Gasteiger partial charge is 0.309 e. The highest BCUT2D eigenvalue weighted by molar-refractivity contribution is 7.25. The number of benzene rings is 12. The minimum Gasteiger partial charge on any atom is -0.309 e. The van der Waals surface area contributed by atoms with Gasteiger partial charge in [0, 0.05) is 42.8 Å². The van der Waals surface area contributed by atoms with Crippen LogP contribution in [0, 0.1) is 0 Å². The highest BCUT2D eigenvalue weighted by Gasteiger charge is 2.50. The van der Waals surface area contributed by atoms with Crippen LogP contribution >= 0.6 is 11.3 Å². The fourth-order valence-electron chi connectivity index (χ4n) is 13.4. The number of nitrogens with zero attached hydrogens (tertiary/aromatic N) is 1. The average molecular weight is 1020 g/mol. The third-order valence-electron chi connectivity index (χ3n) is 16.5. The second-order valence-electron chi connectivity index (χ2n) is 20.3. The molecule has 3 aliphatic rings. The molecule has 3 heteroatoms. The number of thiophene rings is 1. The van der Waals surface area contributed by atoms with Gasteiger partial charge in [-0.15, -0.1) is 11.3 Å². The molecular weight excluding hydrogens is 963 g/mol. The maximum Gasteiger partial charge on any atom is 0.179 e. The molecule has 0 aliphatic heterocycles. The summed E-state index contributed by atoms with van der Waals surface area (Å²) >= 11 is 1.82. The summed E-state index contributed by atoms with van der Waals surface area (Å²) in [5.41, 5.74) is 13.8. The summed E-state index contributed by atoms with van der Waals surface area (Å²) in [7, 11) is -3.88. The topological polar surface area (TPSA) is 4.93 Å². The van der Waals surface area contributed by atoms with Gasteiger partial charge in [0.1, 0.15) is 0 Å². The molecule has 0 amide bonds. The van der Waals surface area contributed by atoms with Crippen LogP contribution < -0.4 is 20.7 Å². The minimum atomic E-state index is -3.88. The zero-order valence-electron chi connectivity index (χ0n) is 51.4. The molecule has 2 unspecified atom stereocenters. The fourth-order valence-corrected chi connectivity index (χ4v) is 19.6. The molecule has 77 heavy (non-hydrogen) atoms. The van der Waals surface area contributed by atoms with Crippen LogP contribution in [0.4, 0.5) is 0 Å². The SMILES string of the molecule is [2H]c1c([2H])c([2H])c(-c2cccc([Si](c3ccccc3)(c3cccc(-c4c([2H])c([2H])c([2H])c([2H])c4[2H])c3)c3cccc4c3C3c5ccccc5C4c4cccc(-n5c6ccccc6c6cc(-c7ccc8sc9ccccc9c8c7)ccc65)c43)c2)c([2H])c1[2H]. The Morgan fingerprint density at radius 1 is 0.338 bits per heavy atom. The first-order chi connectivity index (χ1) is 42.3. The summed E-state index contributed by atoms with van der Waals surface area (Å²) in [5, 5.41) is 8.58. The van der Waals surface area contributed by atoms with E-state index in [-0.39, 0.29) is 47.1 Å². The van der Waals surface area contributed by atoms with E-state index in [9.17, 15) is 5.48 Å². The first-order valence-corrected chi connectivity index (χ1v) is 28.9. The molecule has 1 nitrogen and oxygen atoms in total. The smallest absolute Gasteiger partial charge is 0.179 e. The molecule has 0 fully saturated rings. The van der Waals surface area contributed by atoms with Crippen molar-refractivity contribution in [2.24, 2.45) is 0 Å². The van der Waals surface area contributed by atoms with E-state index in [4.69, 9.17) is 8.22 Å². The van der Waals surface area contributed by atoms with Crippen LogP contribution in [0.25, 0.3) is 81.0 Å². The van der Waals surface area contributed by atoms with Crippen molar-refractivity contribution in [2.45, 2.75) is 11.8 Å². The quantitative estimate of drug-likeness (QED) is 0.106. The lowest BCUT2D eigenvalue weighted by Crippen LogP contribution is -2.75. The molecule has 0 saturated carbocycles. The Kier molecular flexibility index (Phi) is 7.99. The van der Waals surface area contributed by atoms with E-state index < -0.39 is 44.3 Å². The summed E-state index contributed by atoms with van der Waals surface area (Å²) < 4.78 is 94.3. The molecule has 2 bridgehead atoms. The van der Waals surface area contributed by atoms with E-state index in [0.29, 0.717) is 11.1 Å². The lowest BCUT2D eigenvalue weighted by atomic mass is 9.60. The molecule has 2 atom stereocenters. The summed E-state index contributed by atoms with van der Waals surface area (Å²) in [4.78, 5) is 0. The van der Waals surface area contributed by atoms with Crippen LogP contribution in [0.5, 0.6) is 0 Å². The lowest BCUT2D eigenvalue weighted by molar-refractivity contribution is 0.752. The van der Waals surface area contributed by atoms with Crippen molar-refractivity contribution in [2.75, 3.05) is 0 Å². The molecule has 0 spiro atoms. The predicted octanol–water partition coefficient (Wildman–Crippen LogP) is 16.5. The molecule has 0 saturated heterocycles. The van der Waals surface area contributed by atoms with Crippen molar-refractivity contribution in [3.05, 3.63) is 318 Å². The first-order valence-electron chi connectivity index (χ1n) is 31.1. The number of fused-ring (bicyclic) bond motifs is 6. The van der Waals surface area contributed by atoms with Crippen LogP contribution in [-0.4, -0.2) is 12.6 Å². The second kappa shape index (κ2) is 17.5. The summed E-state index contributed by atoms with van der Waals surface area (Å²) in [6.07, 6.45) is 0. The van der Waals surface area contributed by atoms with Gasteiger partial charge in [-0.05, 0) is 130 Å². The molecule has 14 aromatic rings. The normalized spacial score (nSPS) is 16.3. The Labute approximate surface area is 467 Å². The van der Waals surface area contributed by atoms with Crippen molar-refractivity contribution < 1.29 is 13.7 Å². The van der Waals surface area contributed by atoms with Crippen molar-refractivity contribution in [1.82, 2.24) is 4.57 Å². The van der Waals surface area contributed by atoms with Gasteiger partial charge in [0.15, 0.2) is 8.07 Å². The number of hydrogen-bond donors (Lipinski definition) is 0. The standard InChI is InChI=1S/C74H49NSSi/c1-4-20-48(21-5-1)50-24-16-28-55(44-50)77(54-26-8-3-9-27-54,56-29-17-25-51(45-56)49-22-6-2-7-23-49)70-39-19-35-62-71-59-32-10-11-33-60(59)74(73(62)70)72-61(71)34-18-37-67(72)75-65-36-14-12-30-57(65)63-46-52(40-42-66(63)75)53-41-43-69-64(47-53)58-31-13-15-38-68(58)76-69/h1-47,71,74H/i1D,2D,4D,5D,6D,7D,20D,21D,22D,23D. The molecule has 2 aromatic heterocycles. The maximum absolute atomic E-state index is 9.26. The minimum absolute atomic E-state index is 0.0868. The molecule has 360 valence electrons. The highest BCUT2D eigenvalue weighted by atomic mass is 32.1. The van der Waals surface area contributed by atoms with E-state index in [2.05, 4.69) is 174 Å². The third-order valence-corrected chi connectivity index (χ3v) is 22.4. The summed E-state index contributed by atoms with van der Waals surface area (Å²) in [6, 6.07) is 75.5. The van der Waals surface area contributed by atoms with Gasteiger partial charge in [0.2, 0.25) is 0 Å². The van der Waals surface area contributed by atoms with Crippen molar-refractivity contribution in [3.63, 3.8) is 0 Å². The van der Waals surface area contributed by atoms with E-state index in [1.165, 1.54) is 48.0 Å². The molecule has 17 rings (SSSR count). The molecule has 12 aromatic carbocycles. The zero-order valence-corrected chi connectivity index (χ0v) is 43.2. The number of aromatic nitrogens is 1. The van der Waals surface area contributed by atoms with Gasteiger partial charge in [0.05, 0.1) is 30.4 Å². The van der Waals surface area contributed by atoms with Crippen molar-refractivity contribution >= 4 is 82.1 Å². The van der Waals surface area contributed by atoms with Crippen LogP contribution in [-0.2, 0) is 0 Å². The fraction of sp³-hybridized carbons (Fsp3) is 0.0270. The third kappa shape index (κ3) is 6.64. The Balaban J connectivity index is 0.981. The van der Waals surface area contributed by atoms with Crippen LogP contribution in [0.2, 0.25) is 0 Å². The zero-order chi connectivity index (χ0) is 59.3. The molecule has 0 N–H and O–H groups in total. The van der Waals surface area contributed by atoms with Gasteiger partial charge in [-0.2, -0.15) is 0 Å². The Morgan fingerprint density at radius 2 is 0.857 bits per heavy atom. The van der Waals surface area contributed by atoms with E-state index in [0.717, 1.165) is 64.9 Å². The van der Waals surface area contributed by atoms with Crippen LogP contribution in [0.3, 0.4) is 0 Å². The van der Waals surface area contributed by atoms with Gasteiger partial charge in [-0.25, -0.2) is 0 Å². The highest BCUT2D eigenvalue weighted by Crippen LogP contribution is 2.57. The van der Waals surface area contributed by atoms with Gasteiger partial charge in [-0.3, -0.25) is 0 Å². The maximum atomic E-state index is 9.26. The molecular formula is C74H49NSSi. The van der Waals surface area contributed by atoms with Gasteiger partial charge in [0.25, 0.3) is 0 Å². The van der Waals surface area contributed by atoms with Crippen LogP contribution in [0.15, 0.2) is 285 Å². The van der Waals surface area contributed by atoms with Gasteiger partial charge < -0.3 is 4.57 Å². The second-order valence-corrected chi connectivity index (χ2v) is 25.1. The molecule has 3 aliphatic carbocycles. The number of hydrogen-bond acceptors (Lipinski definition) is 1. The molecule has 0 radical (unpaired) electrons. The van der Waals surface area contributed by atoms with E-state index in [1.54, 1.807) is 0 Å². The molecule has 2 heterocycles. The Bertz CT molecular complexity index is 5110. The van der Waals surface area contributed by atoms with E-state index >= 15 is 0 Å². The Morgan fingerprint density at radius 3 is 1.58 bits per heavy atom. The summed E-state index contributed by atoms with van der Waals surface area (Å²) in [5.74, 6) is -0.508. The van der Waals surface area contributed by atoms with Gasteiger partial charge in [-0.1, -0.05) is 242 Å². The summed E-state index contributed by atoms with van der Waals surface area (Å²) in [6.45, 7) is 0. The number of para-hydroxylation sites is 1. The van der Waals surface area contributed by atoms with Gasteiger partial charge >= 0.3 is 0 Å². The predicted molar refractivity (Wildman–Crippen MR) is 328 cm³/mol. The van der Waals surface area contributed by atoms with Crippen LogP contribution in [0.1, 0.15) is 58.9 Å². The average Bonchev–Trinajstić information content (AvgIpc) is 0.922. The van der Waals surface area contributed by atoms with E-state index in [1.807, 2.05) is 65.9 Å². The monoisotopic (exact) mass is 1020 g/mol. The first kappa shape index (κ1) is 35.2. The number of rotatable bonds is 8. The lowest BCUT2D eigenvalue weighted by Gasteiger charge is -2.47. The van der Waals surface area contributed by atoms with Crippen molar-refractivity contribution in [1.29, 1.82) is 0 Å².